The first-order chi connectivity index (χ1) is 25.3. The number of benzene rings is 3. The van der Waals surface area contributed by atoms with Gasteiger partial charge in [-0.05, 0) is 65.6 Å². The van der Waals surface area contributed by atoms with Crippen molar-refractivity contribution in [1.29, 1.82) is 0 Å². The summed E-state index contributed by atoms with van der Waals surface area (Å²) in [7, 11) is 0. The topological polar surface area (TPSA) is 129 Å². The molecule has 1 N–H and O–H groups in total. The monoisotopic (exact) mass is 697 g/mol. The molecule has 11 heteroatoms. The number of hydrogen-bond donors (Lipinski definition) is 1. The van der Waals surface area contributed by atoms with Crippen molar-refractivity contribution in [1.82, 2.24) is 14.5 Å². The van der Waals surface area contributed by atoms with E-state index in [1.807, 2.05) is 41.3 Å². The Morgan fingerprint density at radius 1 is 0.981 bits per heavy atom. The Labute approximate surface area is 298 Å². The van der Waals surface area contributed by atoms with Crippen LogP contribution in [-0.2, 0) is 39.4 Å². The Hall–Kier alpha value is -5.68. The molecule has 5 aromatic rings. The number of ether oxygens (including phenoxy) is 4. The number of carbonyl (C=O) groups is 2. The van der Waals surface area contributed by atoms with Crippen molar-refractivity contribution >= 4 is 23.0 Å². The quantitative estimate of drug-likeness (QED) is 0.207. The van der Waals surface area contributed by atoms with Gasteiger partial charge in [-0.1, -0.05) is 55.5 Å². The van der Waals surface area contributed by atoms with Gasteiger partial charge in [-0.3, -0.25) is 4.79 Å². The van der Waals surface area contributed by atoms with Crippen LogP contribution in [0.3, 0.4) is 0 Å². The zero-order valence-corrected chi connectivity index (χ0v) is 28.5. The molecule has 5 aliphatic rings. The predicted molar refractivity (Wildman–Crippen MR) is 189 cm³/mol. The van der Waals surface area contributed by atoms with Crippen LogP contribution in [0.4, 0.5) is 4.79 Å². The second-order valence-electron chi connectivity index (χ2n) is 14.2. The standard InChI is InChI=1S/C41H35N3O8/c1-2-41(48)32-16-34-37-29(18-44(34)38(45)31(32)20-49-39(41)46)27(28-15-35-36(52-21-51-35)17-33(28)42-37)13-14-43(22-11-12-22)40(47)50-19-30-25-9-5-3-7-23(25)24-8-4-6-10-26(24)30/h3-10,15-17,22,30,48H,2,11-14,18-21H2,1H3/t41-/m0/s1. The van der Waals surface area contributed by atoms with Crippen molar-refractivity contribution < 1.29 is 33.6 Å². The maximum Gasteiger partial charge on any atom is 0.410 e. The maximum absolute atomic E-state index is 14.0. The molecule has 1 saturated carbocycles. The molecule has 5 heterocycles. The normalized spacial score (nSPS) is 19.1. The number of carbonyl (C=O) groups excluding carboxylic acids is 2. The van der Waals surface area contributed by atoms with E-state index in [4.69, 9.17) is 23.9 Å². The number of esters is 1. The van der Waals surface area contributed by atoms with Crippen LogP contribution in [0.5, 0.6) is 11.5 Å². The Morgan fingerprint density at radius 3 is 2.40 bits per heavy atom. The highest BCUT2D eigenvalue weighted by Crippen LogP contribution is 2.46. The fraction of sp³-hybridized carbons (Fsp3) is 0.317. The van der Waals surface area contributed by atoms with Gasteiger partial charge >= 0.3 is 12.1 Å². The van der Waals surface area contributed by atoms with Gasteiger partial charge in [0.05, 0.1) is 29.0 Å². The first-order valence-electron chi connectivity index (χ1n) is 17.9. The van der Waals surface area contributed by atoms with Gasteiger partial charge < -0.3 is 33.5 Å². The summed E-state index contributed by atoms with van der Waals surface area (Å²) < 4.78 is 24.5. The molecular weight excluding hydrogens is 662 g/mol. The predicted octanol–water partition coefficient (Wildman–Crippen LogP) is 5.76. The van der Waals surface area contributed by atoms with Crippen molar-refractivity contribution in [3.63, 3.8) is 0 Å². The van der Waals surface area contributed by atoms with Crippen molar-refractivity contribution in [3.05, 3.63) is 110 Å². The highest BCUT2D eigenvalue weighted by Gasteiger charge is 2.46. The molecule has 0 saturated heterocycles. The number of amides is 1. The lowest BCUT2D eigenvalue weighted by Gasteiger charge is -2.31. The van der Waals surface area contributed by atoms with Gasteiger partial charge in [0.1, 0.15) is 13.2 Å². The molecule has 3 aromatic carbocycles. The first-order valence-corrected chi connectivity index (χ1v) is 17.9. The van der Waals surface area contributed by atoms with Gasteiger partial charge in [-0.25, -0.2) is 14.6 Å². The molecule has 11 nitrogen and oxygen atoms in total. The van der Waals surface area contributed by atoms with Gasteiger partial charge in [0.25, 0.3) is 5.56 Å². The van der Waals surface area contributed by atoms with E-state index in [0.29, 0.717) is 41.4 Å². The molecule has 1 atom stereocenters. The molecule has 2 aromatic heterocycles. The number of cyclic esters (lactones) is 1. The minimum absolute atomic E-state index is 0.0391. The summed E-state index contributed by atoms with van der Waals surface area (Å²) in [5.74, 6) is 0.382. The number of aliphatic hydroxyl groups is 1. The van der Waals surface area contributed by atoms with E-state index in [-0.39, 0.29) is 67.7 Å². The SMILES string of the molecule is CC[C@@]1(O)C(=O)OCc2c1cc1n(c2=O)Cc2c-1nc1cc3c(cc1c2CCN(C(=O)OCC1c2ccccc2-c2ccccc21)C1CC1)OCO3. The van der Waals surface area contributed by atoms with Gasteiger partial charge in [0.15, 0.2) is 17.1 Å². The molecule has 0 spiro atoms. The summed E-state index contributed by atoms with van der Waals surface area (Å²) in [5.41, 5.74) is 6.52. The van der Waals surface area contributed by atoms with Crippen LogP contribution in [0.15, 0.2) is 71.5 Å². The van der Waals surface area contributed by atoms with Crippen LogP contribution in [0.25, 0.3) is 33.4 Å². The molecule has 3 aliphatic heterocycles. The summed E-state index contributed by atoms with van der Waals surface area (Å²) >= 11 is 0. The summed E-state index contributed by atoms with van der Waals surface area (Å²) in [6.45, 7) is 2.48. The first kappa shape index (κ1) is 31.1. The lowest BCUT2D eigenvalue weighted by molar-refractivity contribution is -0.172. The van der Waals surface area contributed by atoms with Crippen LogP contribution in [0.1, 0.15) is 65.5 Å². The molecule has 262 valence electrons. The summed E-state index contributed by atoms with van der Waals surface area (Å²) in [6, 6.07) is 22.2. The van der Waals surface area contributed by atoms with E-state index >= 15 is 0 Å². The third-order valence-electron chi connectivity index (χ3n) is 11.5. The van der Waals surface area contributed by atoms with Crippen LogP contribution in [-0.4, -0.2) is 57.6 Å². The van der Waals surface area contributed by atoms with Crippen molar-refractivity contribution in [2.45, 2.75) is 63.3 Å². The average molecular weight is 698 g/mol. The minimum atomic E-state index is -1.93. The molecule has 1 fully saturated rings. The molecular formula is C41H35N3O8. The molecule has 1 amide bonds. The van der Waals surface area contributed by atoms with E-state index in [9.17, 15) is 19.5 Å². The fourth-order valence-corrected chi connectivity index (χ4v) is 8.56. The Kier molecular flexibility index (Phi) is 6.82. The molecule has 0 unspecified atom stereocenters. The second kappa shape index (κ2) is 11.4. The van der Waals surface area contributed by atoms with Crippen LogP contribution in [0, 0.1) is 0 Å². The van der Waals surface area contributed by atoms with E-state index in [1.165, 1.54) is 11.1 Å². The summed E-state index contributed by atoms with van der Waals surface area (Å²) in [5, 5.41) is 12.2. The Balaban J connectivity index is 0.996. The smallest absolute Gasteiger partial charge is 0.410 e. The third-order valence-corrected chi connectivity index (χ3v) is 11.5. The highest BCUT2D eigenvalue weighted by atomic mass is 16.7. The number of rotatable bonds is 7. The zero-order chi connectivity index (χ0) is 35.3. The number of pyridine rings is 2. The van der Waals surface area contributed by atoms with Crippen LogP contribution >= 0.6 is 0 Å². The van der Waals surface area contributed by atoms with Crippen LogP contribution < -0.4 is 15.0 Å². The maximum atomic E-state index is 14.0. The van der Waals surface area contributed by atoms with Crippen LogP contribution in [0.2, 0.25) is 0 Å². The molecule has 0 radical (unpaired) electrons. The van der Waals surface area contributed by atoms with E-state index < -0.39 is 11.6 Å². The number of nitrogens with zero attached hydrogens (tertiary/aromatic N) is 3. The lowest BCUT2D eigenvalue weighted by atomic mass is 9.86. The molecule has 10 rings (SSSR count). The zero-order valence-electron chi connectivity index (χ0n) is 28.5. The average Bonchev–Trinajstić information content (AvgIpc) is 3.65. The van der Waals surface area contributed by atoms with E-state index in [0.717, 1.165) is 40.5 Å². The fourth-order valence-electron chi connectivity index (χ4n) is 8.56. The third kappa shape index (κ3) is 4.54. The van der Waals surface area contributed by atoms with Crippen molar-refractivity contribution in [2.24, 2.45) is 0 Å². The Morgan fingerprint density at radius 2 is 1.69 bits per heavy atom. The van der Waals surface area contributed by atoms with Crippen molar-refractivity contribution in [2.75, 3.05) is 19.9 Å². The van der Waals surface area contributed by atoms with Gasteiger partial charge in [-0.15, -0.1) is 0 Å². The second-order valence-corrected chi connectivity index (χ2v) is 14.2. The minimum Gasteiger partial charge on any atom is -0.458 e. The lowest BCUT2D eigenvalue weighted by Crippen LogP contribution is -2.44. The summed E-state index contributed by atoms with van der Waals surface area (Å²) in [6.07, 6.45) is 2.01. The largest absolute Gasteiger partial charge is 0.458 e. The van der Waals surface area contributed by atoms with E-state index in [1.54, 1.807) is 17.6 Å². The molecule has 2 aliphatic carbocycles. The van der Waals surface area contributed by atoms with Gasteiger partial charge in [0, 0.05) is 41.1 Å². The van der Waals surface area contributed by atoms with E-state index in [2.05, 4.69) is 24.3 Å². The molecule has 0 bridgehead atoms. The van der Waals surface area contributed by atoms with Crippen molar-refractivity contribution in [3.8, 4) is 34.0 Å². The molecule has 52 heavy (non-hydrogen) atoms. The number of hydrogen-bond acceptors (Lipinski definition) is 9. The number of aromatic nitrogens is 2. The highest BCUT2D eigenvalue weighted by molar-refractivity contribution is 5.91. The summed E-state index contributed by atoms with van der Waals surface area (Å²) in [4.78, 5) is 47.5. The Bertz CT molecular complexity index is 2390. The van der Waals surface area contributed by atoms with Gasteiger partial charge in [-0.2, -0.15) is 0 Å². The number of fused-ring (bicyclic) bond motifs is 9. The van der Waals surface area contributed by atoms with Gasteiger partial charge in [0.2, 0.25) is 6.79 Å².